The number of halogens is 1. The molecule has 0 aromatic heterocycles. The Hall–Kier alpha value is -2.17. The summed E-state index contributed by atoms with van der Waals surface area (Å²) >= 11 is 0. The zero-order valence-corrected chi connectivity index (χ0v) is 20.3. The van der Waals surface area contributed by atoms with Gasteiger partial charge < -0.3 is 10.2 Å². The fraction of sp³-hybridized carbons (Fsp3) is 0.643. The lowest BCUT2D eigenvalue weighted by atomic mass is 9.47. The van der Waals surface area contributed by atoms with Gasteiger partial charge in [0, 0.05) is 24.4 Å². The van der Waals surface area contributed by atoms with Crippen molar-refractivity contribution in [3.05, 3.63) is 47.8 Å². The van der Waals surface area contributed by atoms with Crippen molar-refractivity contribution in [1.82, 2.24) is 10.2 Å². The predicted molar refractivity (Wildman–Crippen MR) is 127 cm³/mol. The van der Waals surface area contributed by atoms with E-state index in [4.69, 9.17) is 0 Å². The molecular formula is C28H37FN2O2. The minimum Gasteiger partial charge on any atom is -0.349 e. The molecule has 0 saturated heterocycles. The Bertz CT molecular complexity index is 992. The second-order valence-corrected chi connectivity index (χ2v) is 11.6. The van der Waals surface area contributed by atoms with E-state index < -0.39 is 0 Å². The van der Waals surface area contributed by atoms with E-state index >= 15 is 0 Å². The summed E-state index contributed by atoms with van der Waals surface area (Å²) in [5.41, 5.74) is 0.843. The van der Waals surface area contributed by atoms with Crippen molar-refractivity contribution in [2.24, 2.45) is 34.5 Å². The zero-order chi connectivity index (χ0) is 23.5. The van der Waals surface area contributed by atoms with Crippen LogP contribution >= 0.6 is 0 Å². The smallest absolute Gasteiger partial charge is 0.246 e. The highest BCUT2D eigenvalue weighted by Crippen LogP contribution is 2.65. The molecule has 1 heterocycles. The van der Waals surface area contributed by atoms with Crippen molar-refractivity contribution in [2.75, 3.05) is 7.05 Å². The summed E-state index contributed by atoms with van der Waals surface area (Å²) < 4.78 is 13.7. The van der Waals surface area contributed by atoms with Gasteiger partial charge in [0.1, 0.15) is 5.82 Å². The Morgan fingerprint density at radius 2 is 1.94 bits per heavy atom. The predicted octanol–water partition coefficient (Wildman–Crippen LogP) is 5.26. The van der Waals surface area contributed by atoms with E-state index in [1.54, 1.807) is 12.1 Å². The molecule has 33 heavy (non-hydrogen) atoms. The van der Waals surface area contributed by atoms with Crippen LogP contribution in [0.3, 0.4) is 0 Å². The molecule has 4 aliphatic rings. The third-order valence-corrected chi connectivity index (χ3v) is 10.2. The molecule has 1 aromatic rings. The maximum Gasteiger partial charge on any atom is 0.246 e. The summed E-state index contributed by atoms with van der Waals surface area (Å²) in [6, 6.07) is 6.59. The molecule has 2 amide bonds. The lowest BCUT2D eigenvalue weighted by Crippen LogP contribution is -2.59. The van der Waals surface area contributed by atoms with E-state index in [9.17, 15) is 14.0 Å². The molecule has 1 N–H and O–H groups in total. The molecular weight excluding hydrogens is 415 g/mol. The van der Waals surface area contributed by atoms with Gasteiger partial charge in [-0.1, -0.05) is 32.1 Å². The van der Waals surface area contributed by atoms with Crippen molar-refractivity contribution >= 4 is 11.8 Å². The average Bonchev–Trinajstić information content (AvgIpc) is 3.14. The van der Waals surface area contributed by atoms with Gasteiger partial charge in [0.05, 0.1) is 6.04 Å². The summed E-state index contributed by atoms with van der Waals surface area (Å²) in [7, 11) is 1.96. The monoisotopic (exact) mass is 452 g/mol. The van der Waals surface area contributed by atoms with Crippen LogP contribution in [0.2, 0.25) is 0 Å². The summed E-state index contributed by atoms with van der Waals surface area (Å²) in [6.07, 6.45) is 10.4. The van der Waals surface area contributed by atoms with Crippen LogP contribution in [-0.2, 0) is 9.59 Å². The van der Waals surface area contributed by atoms with Gasteiger partial charge in [-0.2, -0.15) is 0 Å². The van der Waals surface area contributed by atoms with Crippen LogP contribution < -0.4 is 5.32 Å². The number of carbonyl (C=O) groups is 2. The molecule has 3 aliphatic carbocycles. The normalized spacial score (nSPS) is 40.6. The second-order valence-electron chi connectivity index (χ2n) is 11.6. The van der Waals surface area contributed by atoms with Crippen LogP contribution in [0.5, 0.6) is 0 Å². The van der Waals surface area contributed by atoms with Gasteiger partial charge in [-0.05, 0) is 92.4 Å². The minimum absolute atomic E-state index is 0.0101. The number of hydrogen-bond donors (Lipinski definition) is 1. The Kier molecular flexibility index (Phi) is 5.45. The van der Waals surface area contributed by atoms with E-state index in [0.717, 1.165) is 44.1 Å². The fourth-order valence-electron chi connectivity index (χ4n) is 8.34. The average molecular weight is 453 g/mol. The van der Waals surface area contributed by atoms with E-state index in [1.807, 2.05) is 24.9 Å². The van der Waals surface area contributed by atoms with Gasteiger partial charge in [0.25, 0.3) is 0 Å². The molecule has 3 fully saturated rings. The van der Waals surface area contributed by atoms with Crippen LogP contribution in [-0.4, -0.2) is 29.8 Å². The highest BCUT2D eigenvalue weighted by molar-refractivity contribution is 5.89. The summed E-state index contributed by atoms with van der Waals surface area (Å²) in [5.74, 6) is 1.71. The first kappa shape index (κ1) is 22.6. The maximum atomic E-state index is 13.7. The number of fused-ring (bicyclic) bond motifs is 5. The molecule has 1 aliphatic heterocycles. The molecule has 4 nitrogen and oxygen atoms in total. The molecule has 3 unspecified atom stereocenters. The molecule has 178 valence electrons. The number of likely N-dealkylation sites (N-methyl/N-ethyl adjacent to an activating group) is 1. The summed E-state index contributed by atoms with van der Waals surface area (Å²) in [5, 5.41) is 3.20. The van der Waals surface area contributed by atoms with Crippen LogP contribution in [0.1, 0.15) is 70.9 Å². The van der Waals surface area contributed by atoms with E-state index in [2.05, 4.69) is 25.2 Å². The highest BCUT2D eigenvalue weighted by atomic mass is 19.1. The number of amides is 2. The SMILES string of the molecule is CC(NC(=O)C1CC[C@H]2[C@@H]3CCC4N(C)C(=O)C=C[C@]4(C)[C@@H]3CC[C@]12C)c1cccc(F)c1. The van der Waals surface area contributed by atoms with Crippen molar-refractivity contribution in [3.8, 4) is 0 Å². The second kappa shape index (κ2) is 7.95. The molecule has 0 spiro atoms. The first-order valence-corrected chi connectivity index (χ1v) is 12.7. The first-order valence-electron chi connectivity index (χ1n) is 12.7. The highest BCUT2D eigenvalue weighted by Gasteiger charge is 2.61. The fourth-order valence-corrected chi connectivity index (χ4v) is 8.34. The minimum atomic E-state index is -0.270. The van der Waals surface area contributed by atoms with Crippen molar-refractivity contribution in [1.29, 1.82) is 0 Å². The van der Waals surface area contributed by atoms with Crippen LogP contribution in [0.25, 0.3) is 0 Å². The van der Waals surface area contributed by atoms with Gasteiger partial charge in [-0.25, -0.2) is 4.39 Å². The topological polar surface area (TPSA) is 49.4 Å². The summed E-state index contributed by atoms with van der Waals surface area (Å²) in [6.45, 7) is 6.64. The van der Waals surface area contributed by atoms with Crippen molar-refractivity contribution in [3.63, 3.8) is 0 Å². The van der Waals surface area contributed by atoms with Gasteiger partial charge in [0.15, 0.2) is 0 Å². The van der Waals surface area contributed by atoms with Gasteiger partial charge in [-0.15, -0.1) is 0 Å². The standard InChI is InChI=1S/C28H37FN2O2/c1-17(18-6-5-7-19(29)16-18)30-26(33)23-10-9-21-20-8-11-24-28(3,15-13-25(32)31(24)4)22(20)12-14-27(21,23)2/h5-7,13,15-17,20-24H,8-12,14H2,1-4H3,(H,30,33)/t17?,20-,21-,22+,23?,24?,27-,28+/m0/s1. The van der Waals surface area contributed by atoms with Crippen LogP contribution in [0.15, 0.2) is 36.4 Å². The Labute approximate surface area is 197 Å². The largest absolute Gasteiger partial charge is 0.349 e. The number of nitrogens with zero attached hydrogens (tertiary/aromatic N) is 1. The number of hydrogen-bond acceptors (Lipinski definition) is 2. The van der Waals surface area contributed by atoms with E-state index in [1.165, 1.54) is 12.1 Å². The van der Waals surface area contributed by atoms with Crippen LogP contribution in [0, 0.1) is 40.3 Å². The number of nitrogens with one attached hydrogen (secondary N) is 1. The molecule has 5 rings (SSSR count). The molecule has 3 saturated carbocycles. The van der Waals surface area contributed by atoms with Gasteiger partial charge in [-0.3, -0.25) is 9.59 Å². The number of benzene rings is 1. The van der Waals surface area contributed by atoms with Crippen molar-refractivity contribution in [2.45, 2.75) is 71.4 Å². The van der Waals surface area contributed by atoms with Crippen LogP contribution in [0.4, 0.5) is 4.39 Å². The quantitative estimate of drug-likeness (QED) is 0.680. The third kappa shape index (κ3) is 3.45. The Morgan fingerprint density at radius 1 is 1.15 bits per heavy atom. The Morgan fingerprint density at radius 3 is 2.70 bits per heavy atom. The zero-order valence-electron chi connectivity index (χ0n) is 20.3. The van der Waals surface area contributed by atoms with E-state index in [0.29, 0.717) is 17.8 Å². The lowest BCUT2D eigenvalue weighted by Gasteiger charge is -2.60. The summed E-state index contributed by atoms with van der Waals surface area (Å²) in [4.78, 5) is 27.7. The third-order valence-electron chi connectivity index (χ3n) is 10.2. The molecule has 0 bridgehead atoms. The van der Waals surface area contributed by atoms with Gasteiger partial charge >= 0.3 is 0 Å². The Balaban J connectivity index is 1.34. The molecule has 1 aromatic carbocycles. The molecule has 0 radical (unpaired) electrons. The van der Waals surface area contributed by atoms with Gasteiger partial charge in [0.2, 0.25) is 11.8 Å². The number of rotatable bonds is 3. The molecule has 5 heteroatoms. The van der Waals surface area contributed by atoms with E-state index in [-0.39, 0.29) is 46.5 Å². The lowest BCUT2D eigenvalue weighted by molar-refractivity contribution is -0.142. The maximum absolute atomic E-state index is 13.7. The van der Waals surface area contributed by atoms with Crippen molar-refractivity contribution < 1.29 is 14.0 Å². The molecule has 8 atom stereocenters. The number of carbonyl (C=O) groups excluding carboxylic acids is 2. The first-order chi connectivity index (χ1) is 15.6.